The second-order valence-electron chi connectivity index (χ2n) is 5.46. The van der Waals surface area contributed by atoms with Gasteiger partial charge in [-0.2, -0.15) is 0 Å². The van der Waals surface area contributed by atoms with Crippen LogP contribution < -0.4 is 5.32 Å². The fourth-order valence-corrected chi connectivity index (χ4v) is 2.15. The molecular formula is C13H24N2O3. The fourth-order valence-electron chi connectivity index (χ4n) is 2.15. The molecule has 2 N–H and O–H groups in total. The number of carbonyl (C=O) groups is 2. The molecule has 0 aromatic heterocycles. The van der Waals surface area contributed by atoms with Crippen LogP contribution in [0.3, 0.4) is 0 Å². The van der Waals surface area contributed by atoms with Gasteiger partial charge in [-0.25, -0.2) is 0 Å². The van der Waals surface area contributed by atoms with Crippen molar-refractivity contribution in [2.75, 3.05) is 19.6 Å². The lowest BCUT2D eigenvalue weighted by atomic mass is 9.96. The van der Waals surface area contributed by atoms with Crippen molar-refractivity contribution >= 4 is 11.9 Å². The van der Waals surface area contributed by atoms with E-state index in [1.54, 1.807) is 0 Å². The Labute approximate surface area is 109 Å². The molecule has 5 nitrogen and oxygen atoms in total. The van der Waals surface area contributed by atoms with E-state index < -0.39 is 5.97 Å². The number of nitrogens with zero attached hydrogens (tertiary/aromatic N) is 1. The van der Waals surface area contributed by atoms with Gasteiger partial charge in [0.15, 0.2) is 0 Å². The Bertz CT molecular complexity index is 297. The lowest BCUT2D eigenvalue weighted by Crippen LogP contribution is -2.49. The van der Waals surface area contributed by atoms with Gasteiger partial charge in [0, 0.05) is 6.54 Å². The van der Waals surface area contributed by atoms with Gasteiger partial charge in [-0.3, -0.25) is 14.5 Å². The van der Waals surface area contributed by atoms with E-state index in [1.165, 1.54) is 0 Å². The van der Waals surface area contributed by atoms with Crippen LogP contribution in [-0.4, -0.2) is 47.6 Å². The summed E-state index contributed by atoms with van der Waals surface area (Å²) in [6.45, 7) is 8.07. The maximum atomic E-state index is 11.9. The predicted octanol–water partition coefficient (Wildman–Crippen LogP) is 0.944. The third kappa shape index (κ3) is 4.29. The van der Waals surface area contributed by atoms with Crippen LogP contribution in [0.1, 0.15) is 33.6 Å². The molecule has 1 fully saturated rings. The molecule has 0 radical (unpaired) electrons. The van der Waals surface area contributed by atoms with Crippen molar-refractivity contribution in [1.29, 1.82) is 0 Å². The molecule has 18 heavy (non-hydrogen) atoms. The van der Waals surface area contributed by atoms with Crippen LogP contribution >= 0.6 is 0 Å². The molecule has 0 bridgehead atoms. The third-order valence-electron chi connectivity index (χ3n) is 3.49. The van der Waals surface area contributed by atoms with Gasteiger partial charge in [0.25, 0.3) is 0 Å². The quantitative estimate of drug-likeness (QED) is 0.768. The number of rotatable bonds is 5. The average Bonchev–Trinajstić information content (AvgIpc) is 2.35. The molecule has 1 aliphatic heterocycles. The number of carboxylic acid groups (broad SMARTS) is 1. The Balaban J connectivity index is 2.37. The highest BCUT2D eigenvalue weighted by atomic mass is 16.4. The van der Waals surface area contributed by atoms with Crippen LogP contribution in [0.4, 0.5) is 0 Å². The van der Waals surface area contributed by atoms with Crippen molar-refractivity contribution in [3.63, 3.8) is 0 Å². The normalized spacial score (nSPS) is 19.8. The lowest BCUT2D eigenvalue weighted by molar-refractivity contribution is -0.143. The van der Waals surface area contributed by atoms with E-state index in [0.717, 1.165) is 0 Å². The van der Waals surface area contributed by atoms with Crippen LogP contribution in [0.2, 0.25) is 0 Å². The SMILES string of the molecule is CC(C)CNC(=O)C(C)N1CCC(C(=O)O)CC1. The molecule has 1 heterocycles. The fraction of sp³-hybridized carbons (Fsp3) is 0.846. The van der Waals surface area contributed by atoms with Crippen LogP contribution in [0.15, 0.2) is 0 Å². The first kappa shape index (κ1) is 15.0. The first-order valence-electron chi connectivity index (χ1n) is 6.66. The zero-order valence-corrected chi connectivity index (χ0v) is 11.5. The Morgan fingerprint density at radius 1 is 1.28 bits per heavy atom. The van der Waals surface area contributed by atoms with E-state index in [4.69, 9.17) is 5.11 Å². The van der Waals surface area contributed by atoms with Gasteiger partial charge in [-0.1, -0.05) is 13.8 Å². The highest BCUT2D eigenvalue weighted by molar-refractivity contribution is 5.81. The molecule has 1 saturated heterocycles. The van der Waals surface area contributed by atoms with Crippen molar-refractivity contribution in [1.82, 2.24) is 10.2 Å². The molecule has 1 aliphatic rings. The van der Waals surface area contributed by atoms with Crippen molar-refractivity contribution in [2.24, 2.45) is 11.8 Å². The zero-order chi connectivity index (χ0) is 13.7. The topological polar surface area (TPSA) is 69.6 Å². The summed E-state index contributed by atoms with van der Waals surface area (Å²) in [5, 5.41) is 11.8. The first-order chi connectivity index (χ1) is 8.41. The third-order valence-corrected chi connectivity index (χ3v) is 3.49. The number of hydrogen-bond donors (Lipinski definition) is 2. The molecule has 0 aliphatic carbocycles. The summed E-state index contributed by atoms with van der Waals surface area (Å²) >= 11 is 0. The van der Waals surface area contributed by atoms with Gasteiger partial charge in [-0.05, 0) is 38.8 Å². The van der Waals surface area contributed by atoms with Crippen molar-refractivity contribution < 1.29 is 14.7 Å². The largest absolute Gasteiger partial charge is 0.481 e. The summed E-state index contributed by atoms with van der Waals surface area (Å²) in [5.41, 5.74) is 0. The van der Waals surface area contributed by atoms with E-state index in [-0.39, 0.29) is 17.9 Å². The Kier molecular flexibility index (Phi) is 5.59. The van der Waals surface area contributed by atoms with Crippen molar-refractivity contribution in [3.05, 3.63) is 0 Å². The molecule has 1 rings (SSSR count). The van der Waals surface area contributed by atoms with Crippen molar-refractivity contribution in [2.45, 2.75) is 39.7 Å². The summed E-state index contributed by atoms with van der Waals surface area (Å²) in [7, 11) is 0. The van der Waals surface area contributed by atoms with Gasteiger partial charge >= 0.3 is 5.97 Å². The van der Waals surface area contributed by atoms with Gasteiger partial charge in [0.05, 0.1) is 12.0 Å². The van der Waals surface area contributed by atoms with E-state index in [1.807, 2.05) is 6.92 Å². The minimum atomic E-state index is -0.716. The molecular weight excluding hydrogens is 232 g/mol. The summed E-state index contributed by atoms with van der Waals surface area (Å²) in [5.74, 6) is -0.477. The number of carbonyl (C=O) groups excluding carboxylic acids is 1. The standard InChI is InChI=1S/C13H24N2O3/c1-9(2)8-14-12(16)10(3)15-6-4-11(5-7-15)13(17)18/h9-11H,4-8H2,1-3H3,(H,14,16)(H,17,18). The molecule has 0 saturated carbocycles. The van der Waals surface area contributed by atoms with Crippen LogP contribution in [0.5, 0.6) is 0 Å². The van der Waals surface area contributed by atoms with Crippen LogP contribution in [-0.2, 0) is 9.59 Å². The summed E-state index contributed by atoms with van der Waals surface area (Å²) in [4.78, 5) is 24.8. The summed E-state index contributed by atoms with van der Waals surface area (Å²) in [6.07, 6.45) is 1.27. The highest BCUT2D eigenvalue weighted by Crippen LogP contribution is 2.19. The maximum absolute atomic E-state index is 11.9. The number of carboxylic acids is 1. The lowest BCUT2D eigenvalue weighted by Gasteiger charge is -2.34. The van der Waals surface area contributed by atoms with Crippen LogP contribution in [0, 0.1) is 11.8 Å². The summed E-state index contributed by atoms with van der Waals surface area (Å²) in [6, 6.07) is -0.168. The second-order valence-corrected chi connectivity index (χ2v) is 5.46. The van der Waals surface area contributed by atoms with Gasteiger partial charge in [0.1, 0.15) is 0 Å². The van der Waals surface area contributed by atoms with E-state index in [0.29, 0.717) is 38.4 Å². The molecule has 1 amide bonds. The molecule has 0 aromatic rings. The molecule has 0 spiro atoms. The smallest absolute Gasteiger partial charge is 0.306 e. The molecule has 1 atom stereocenters. The molecule has 1 unspecified atom stereocenters. The second kappa shape index (κ2) is 6.73. The minimum absolute atomic E-state index is 0.0393. The van der Waals surface area contributed by atoms with E-state index in [9.17, 15) is 9.59 Å². The number of hydrogen-bond acceptors (Lipinski definition) is 3. The average molecular weight is 256 g/mol. The Morgan fingerprint density at radius 2 is 1.83 bits per heavy atom. The van der Waals surface area contributed by atoms with E-state index in [2.05, 4.69) is 24.1 Å². The maximum Gasteiger partial charge on any atom is 0.306 e. The number of aliphatic carboxylic acids is 1. The van der Waals surface area contributed by atoms with Gasteiger partial charge < -0.3 is 10.4 Å². The summed E-state index contributed by atoms with van der Waals surface area (Å²) < 4.78 is 0. The molecule has 0 aromatic carbocycles. The van der Waals surface area contributed by atoms with Gasteiger partial charge in [-0.15, -0.1) is 0 Å². The first-order valence-corrected chi connectivity index (χ1v) is 6.66. The molecule has 104 valence electrons. The monoisotopic (exact) mass is 256 g/mol. The Hall–Kier alpha value is -1.10. The number of amides is 1. The molecule has 5 heteroatoms. The highest BCUT2D eigenvalue weighted by Gasteiger charge is 2.29. The van der Waals surface area contributed by atoms with E-state index >= 15 is 0 Å². The number of piperidine rings is 1. The Morgan fingerprint density at radius 3 is 2.28 bits per heavy atom. The predicted molar refractivity (Wildman–Crippen MR) is 69.2 cm³/mol. The van der Waals surface area contributed by atoms with Crippen molar-refractivity contribution in [3.8, 4) is 0 Å². The van der Waals surface area contributed by atoms with Gasteiger partial charge in [0.2, 0.25) is 5.91 Å². The zero-order valence-electron chi connectivity index (χ0n) is 11.5. The van der Waals surface area contributed by atoms with Crippen LogP contribution in [0.25, 0.3) is 0 Å². The number of nitrogens with one attached hydrogen (secondary N) is 1. The number of likely N-dealkylation sites (tertiary alicyclic amines) is 1. The minimum Gasteiger partial charge on any atom is -0.481 e.